The largest absolute Gasteiger partial charge is 0.436 e. The van der Waals surface area contributed by atoms with Crippen molar-refractivity contribution in [3.05, 3.63) is 133 Å². The van der Waals surface area contributed by atoms with Crippen molar-refractivity contribution >= 4 is 78.1 Å². The zero-order valence-electron chi connectivity index (χ0n) is 24.4. The van der Waals surface area contributed by atoms with Crippen LogP contribution >= 0.6 is 11.3 Å². The van der Waals surface area contributed by atoms with Gasteiger partial charge in [0.15, 0.2) is 5.58 Å². The fraction of sp³-hybridized carbons (Fsp3) is 0.0513. The molecule has 9 rings (SSSR count). The highest BCUT2D eigenvalue weighted by Gasteiger charge is 2.39. The average Bonchev–Trinajstić information content (AvgIpc) is 3.73. The molecule has 0 unspecified atom stereocenters. The van der Waals surface area contributed by atoms with E-state index in [2.05, 4.69) is 127 Å². The van der Waals surface area contributed by atoms with Gasteiger partial charge in [-0.15, -0.1) is 11.3 Å². The number of rotatable bonds is 4. The van der Waals surface area contributed by atoms with E-state index in [1.54, 1.807) is 0 Å². The lowest BCUT2D eigenvalue weighted by atomic mass is 10.0. The monoisotopic (exact) mass is 600 g/mol. The highest BCUT2D eigenvalue weighted by molar-refractivity contribution is 7.26. The first-order chi connectivity index (χ1) is 21.6. The molecule has 210 valence electrons. The van der Waals surface area contributed by atoms with Crippen LogP contribution in [0.3, 0.4) is 0 Å². The highest BCUT2D eigenvalue weighted by atomic mass is 32.1. The number of anilines is 3. The molecule has 3 heterocycles. The molecular weight excluding hydrogens is 573 g/mol. The minimum Gasteiger partial charge on any atom is -0.436 e. The summed E-state index contributed by atoms with van der Waals surface area (Å²) in [6, 6.07) is 47.8. The summed E-state index contributed by atoms with van der Waals surface area (Å²) in [5.41, 5.74) is 8.89. The summed E-state index contributed by atoms with van der Waals surface area (Å²) in [5, 5.41) is 5.77. The van der Waals surface area contributed by atoms with E-state index < -0.39 is 8.07 Å². The number of thiophene rings is 1. The van der Waals surface area contributed by atoms with E-state index in [-0.39, 0.29) is 0 Å². The Balaban J connectivity index is 1.18. The molecule has 0 radical (unpaired) electrons. The number of hydrogen-bond acceptors (Lipinski definition) is 4. The fourth-order valence-electron chi connectivity index (χ4n) is 6.90. The molecule has 6 aromatic carbocycles. The first kappa shape index (κ1) is 25.5. The average molecular weight is 601 g/mol. The van der Waals surface area contributed by atoms with Crippen LogP contribution in [0.2, 0.25) is 13.1 Å². The second-order valence-electron chi connectivity index (χ2n) is 12.0. The number of hydrogen-bond donors (Lipinski definition) is 0. The summed E-state index contributed by atoms with van der Waals surface area (Å²) >= 11 is 1.94. The molecule has 8 aromatic rings. The molecule has 5 heteroatoms. The van der Waals surface area contributed by atoms with Crippen LogP contribution in [0.4, 0.5) is 17.1 Å². The molecule has 0 bridgehead atoms. The smallest absolute Gasteiger partial charge is 0.227 e. The van der Waals surface area contributed by atoms with Crippen molar-refractivity contribution in [3.8, 4) is 22.6 Å². The van der Waals surface area contributed by atoms with Gasteiger partial charge in [0, 0.05) is 42.8 Å². The van der Waals surface area contributed by atoms with E-state index in [9.17, 15) is 0 Å². The third-order valence-corrected chi connectivity index (χ3v) is 13.8. The van der Waals surface area contributed by atoms with Crippen molar-refractivity contribution in [3.63, 3.8) is 0 Å². The normalized spacial score (nSPS) is 13.4. The minimum absolute atomic E-state index is 0.639. The molecule has 0 N–H and O–H groups in total. The highest BCUT2D eigenvalue weighted by Crippen LogP contribution is 2.44. The van der Waals surface area contributed by atoms with Crippen LogP contribution in [0.15, 0.2) is 138 Å². The molecule has 2 aromatic heterocycles. The quantitative estimate of drug-likeness (QED) is 0.188. The van der Waals surface area contributed by atoms with Crippen LogP contribution in [0.1, 0.15) is 0 Å². The summed E-state index contributed by atoms with van der Waals surface area (Å²) < 4.78 is 8.84. The molecule has 44 heavy (non-hydrogen) atoms. The van der Waals surface area contributed by atoms with Gasteiger partial charge in [-0.1, -0.05) is 79.8 Å². The van der Waals surface area contributed by atoms with Crippen molar-refractivity contribution in [2.75, 3.05) is 4.90 Å². The van der Waals surface area contributed by atoms with Crippen LogP contribution in [0, 0.1) is 0 Å². The topological polar surface area (TPSA) is 29.3 Å². The Kier molecular flexibility index (Phi) is 5.52. The molecular formula is C39H28N2OSSi. The first-order valence-corrected chi connectivity index (χ1v) is 18.8. The molecule has 3 nitrogen and oxygen atoms in total. The Morgan fingerprint density at radius 1 is 0.636 bits per heavy atom. The number of nitrogens with zero attached hydrogens (tertiary/aromatic N) is 2. The van der Waals surface area contributed by atoms with Crippen LogP contribution in [-0.2, 0) is 0 Å². The van der Waals surface area contributed by atoms with Gasteiger partial charge in [0.25, 0.3) is 0 Å². The Hall–Kier alpha value is -4.97. The SMILES string of the molecule is C[Si]1(C)c2cc(N(c3ccccc3)c3ccc(-c4nc5ccccc5o4)cc3)ccc2-c2c1ccc1c2sc2ccccc21. The van der Waals surface area contributed by atoms with E-state index in [4.69, 9.17) is 9.40 Å². The van der Waals surface area contributed by atoms with Crippen molar-refractivity contribution < 1.29 is 4.42 Å². The van der Waals surface area contributed by atoms with Gasteiger partial charge in [-0.05, 0) is 88.2 Å². The van der Waals surface area contributed by atoms with Crippen molar-refractivity contribution in [2.45, 2.75) is 13.1 Å². The van der Waals surface area contributed by atoms with Gasteiger partial charge < -0.3 is 9.32 Å². The lowest BCUT2D eigenvalue weighted by Gasteiger charge is -2.27. The molecule has 0 aliphatic carbocycles. The number of fused-ring (bicyclic) bond motifs is 8. The maximum atomic E-state index is 6.06. The van der Waals surface area contributed by atoms with Gasteiger partial charge in [0.05, 0.1) is 0 Å². The van der Waals surface area contributed by atoms with Crippen molar-refractivity contribution in [1.82, 2.24) is 4.98 Å². The van der Waals surface area contributed by atoms with E-state index in [0.717, 1.165) is 28.0 Å². The van der Waals surface area contributed by atoms with Crippen LogP contribution in [0.25, 0.3) is 53.9 Å². The van der Waals surface area contributed by atoms with Gasteiger partial charge in [-0.3, -0.25) is 0 Å². The minimum atomic E-state index is -1.94. The zero-order valence-corrected chi connectivity index (χ0v) is 26.2. The van der Waals surface area contributed by atoms with E-state index in [1.165, 1.54) is 47.4 Å². The molecule has 0 spiro atoms. The van der Waals surface area contributed by atoms with Gasteiger partial charge in [-0.25, -0.2) is 4.98 Å². The maximum Gasteiger partial charge on any atom is 0.227 e. The van der Waals surface area contributed by atoms with Crippen molar-refractivity contribution in [1.29, 1.82) is 0 Å². The molecule has 0 atom stereocenters. The molecule has 1 aliphatic heterocycles. The van der Waals surface area contributed by atoms with E-state index >= 15 is 0 Å². The molecule has 0 fully saturated rings. The van der Waals surface area contributed by atoms with Crippen molar-refractivity contribution in [2.24, 2.45) is 0 Å². The maximum absolute atomic E-state index is 6.06. The summed E-state index contributed by atoms with van der Waals surface area (Å²) in [6.45, 7) is 5.01. The Bertz CT molecular complexity index is 2340. The van der Waals surface area contributed by atoms with Gasteiger partial charge in [0.1, 0.15) is 13.6 Å². The number of para-hydroxylation sites is 3. The molecule has 0 saturated carbocycles. The summed E-state index contributed by atoms with van der Waals surface area (Å²) in [6.07, 6.45) is 0. The summed E-state index contributed by atoms with van der Waals surface area (Å²) in [7, 11) is -1.94. The lowest BCUT2D eigenvalue weighted by molar-refractivity contribution is 0.620. The second-order valence-corrected chi connectivity index (χ2v) is 17.4. The summed E-state index contributed by atoms with van der Waals surface area (Å²) in [4.78, 5) is 7.07. The predicted octanol–water partition coefficient (Wildman–Crippen LogP) is 10.1. The van der Waals surface area contributed by atoms with E-state index in [1.807, 2.05) is 35.6 Å². The number of aromatic nitrogens is 1. The summed E-state index contributed by atoms with van der Waals surface area (Å²) in [5.74, 6) is 0.639. The number of benzene rings is 6. The fourth-order valence-corrected chi connectivity index (χ4v) is 11.3. The van der Waals surface area contributed by atoms with Gasteiger partial charge in [0.2, 0.25) is 5.89 Å². The number of oxazole rings is 1. The Morgan fingerprint density at radius 2 is 1.36 bits per heavy atom. The van der Waals surface area contributed by atoms with E-state index in [0.29, 0.717) is 5.89 Å². The van der Waals surface area contributed by atoms with Gasteiger partial charge >= 0.3 is 0 Å². The molecule has 0 amide bonds. The second kappa shape index (κ2) is 9.51. The lowest BCUT2D eigenvalue weighted by Crippen LogP contribution is -2.49. The van der Waals surface area contributed by atoms with Gasteiger partial charge in [-0.2, -0.15) is 0 Å². The predicted molar refractivity (Wildman–Crippen MR) is 189 cm³/mol. The van der Waals surface area contributed by atoms with Crippen LogP contribution < -0.4 is 15.3 Å². The third-order valence-electron chi connectivity index (χ3n) is 9.11. The molecule has 1 aliphatic rings. The Morgan fingerprint density at radius 3 is 2.20 bits per heavy atom. The van der Waals surface area contributed by atoms with Crippen LogP contribution in [-0.4, -0.2) is 13.1 Å². The van der Waals surface area contributed by atoms with Crippen LogP contribution in [0.5, 0.6) is 0 Å². The molecule has 0 saturated heterocycles. The Labute approximate surface area is 260 Å². The zero-order chi connectivity index (χ0) is 29.4. The first-order valence-electron chi connectivity index (χ1n) is 15.0. The standard InChI is InChI=1S/C39H28N2OSSi/c1-44(2)35-23-22-30-29-12-6-9-15-34(29)43-38(30)37(35)31-21-20-28(24-36(31)44)41(26-10-4-3-5-11-26)27-18-16-25(17-19-27)39-40-32-13-7-8-14-33(32)42-39/h3-24H,1-2H3. The third kappa shape index (κ3) is 3.76.